The van der Waals surface area contributed by atoms with E-state index in [9.17, 15) is 4.79 Å². The van der Waals surface area contributed by atoms with Gasteiger partial charge in [-0.25, -0.2) is 4.79 Å². The van der Waals surface area contributed by atoms with Crippen molar-refractivity contribution in [2.24, 2.45) is 7.05 Å². The van der Waals surface area contributed by atoms with Crippen molar-refractivity contribution < 1.29 is 9.90 Å². The highest BCUT2D eigenvalue weighted by atomic mass is 16.4. The Balaban J connectivity index is 0.000000671. The molecule has 0 aliphatic carbocycles. The van der Waals surface area contributed by atoms with Gasteiger partial charge in [-0.05, 0) is 6.92 Å². The fourth-order valence-electron chi connectivity index (χ4n) is 0.898. The van der Waals surface area contributed by atoms with Gasteiger partial charge in [0, 0.05) is 7.05 Å². The smallest absolute Gasteiger partial charge is 0.341 e. The minimum absolute atomic E-state index is 0.0671. The quantitative estimate of drug-likeness (QED) is 0.684. The number of carboxylic acid groups (broad SMARTS) is 1. The average molecular weight is 185 g/mol. The Morgan fingerprint density at radius 2 is 2.00 bits per heavy atom. The molecule has 5 heteroatoms. The number of anilines is 1. The fourth-order valence-corrected chi connectivity index (χ4v) is 0.898. The number of aromatic carboxylic acids is 1. The molecule has 1 rings (SSSR count). The van der Waals surface area contributed by atoms with E-state index in [1.807, 2.05) is 13.8 Å². The van der Waals surface area contributed by atoms with E-state index in [2.05, 4.69) is 5.10 Å². The second-order valence-electron chi connectivity index (χ2n) is 2.27. The summed E-state index contributed by atoms with van der Waals surface area (Å²) in [4.78, 5) is 10.5. The molecule has 0 spiro atoms. The predicted molar refractivity (Wildman–Crippen MR) is 50.7 cm³/mol. The Hall–Kier alpha value is -1.52. The van der Waals surface area contributed by atoms with Crippen LogP contribution in [0, 0.1) is 6.92 Å². The first-order valence-electron chi connectivity index (χ1n) is 4.06. The number of nitrogens with zero attached hydrogens (tertiary/aromatic N) is 2. The maximum Gasteiger partial charge on any atom is 0.341 e. The van der Waals surface area contributed by atoms with Crippen LogP contribution in [0.3, 0.4) is 0 Å². The van der Waals surface area contributed by atoms with Gasteiger partial charge < -0.3 is 10.8 Å². The Morgan fingerprint density at radius 1 is 1.54 bits per heavy atom. The number of nitrogen functional groups attached to an aromatic ring is 1. The van der Waals surface area contributed by atoms with Crippen molar-refractivity contribution in [3.05, 3.63) is 11.3 Å². The van der Waals surface area contributed by atoms with Gasteiger partial charge in [-0.1, -0.05) is 13.8 Å². The highest BCUT2D eigenvalue weighted by Gasteiger charge is 2.16. The molecule has 1 aromatic heterocycles. The van der Waals surface area contributed by atoms with E-state index in [1.165, 1.54) is 4.68 Å². The molecule has 0 atom stereocenters. The molecule has 3 N–H and O–H groups in total. The molecule has 0 fully saturated rings. The second kappa shape index (κ2) is 4.49. The van der Waals surface area contributed by atoms with Crippen molar-refractivity contribution in [1.82, 2.24) is 9.78 Å². The van der Waals surface area contributed by atoms with Crippen molar-refractivity contribution in [3.8, 4) is 0 Å². The summed E-state index contributed by atoms with van der Waals surface area (Å²) in [5.41, 5.74) is 5.99. The van der Waals surface area contributed by atoms with E-state index in [0.29, 0.717) is 5.69 Å². The molecule has 0 bridgehead atoms. The van der Waals surface area contributed by atoms with Crippen LogP contribution in [0.4, 0.5) is 5.82 Å². The molecule has 5 nitrogen and oxygen atoms in total. The van der Waals surface area contributed by atoms with Crippen molar-refractivity contribution >= 4 is 11.8 Å². The lowest BCUT2D eigenvalue weighted by Crippen LogP contribution is -2.01. The van der Waals surface area contributed by atoms with Crippen LogP contribution in [0.1, 0.15) is 29.9 Å². The number of rotatable bonds is 1. The van der Waals surface area contributed by atoms with Crippen molar-refractivity contribution in [2.75, 3.05) is 5.73 Å². The molecular weight excluding hydrogens is 170 g/mol. The number of nitrogens with two attached hydrogens (primary N) is 1. The Bertz CT molecular complexity index is 305. The molecule has 13 heavy (non-hydrogen) atoms. The summed E-state index contributed by atoms with van der Waals surface area (Å²) in [7, 11) is 1.65. The van der Waals surface area contributed by atoms with E-state index in [0.717, 1.165) is 0 Å². The third kappa shape index (κ3) is 2.21. The summed E-state index contributed by atoms with van der Waals surface area (Å²) >= 11 is 0. The Morgan fingerprint density at radius 3 is 2.15 bits per heavy atom. The molecule has 0 unspecified atom stereocenters. The highest BCUT2D eigenvalue weighted by Crippen LogP contribution is 2.13. The zero-order valence-corrected chi connectivity index (χ0v) is 8.33. The molecule has 1 heterocycles. The van der Waals surface area contributed by atoms with Crippen molar-refractivity contribution in [3.63, 3.8) is 0 Å². The van der Waals surface area contributed by atoms with Crippen LogP contribution in [0.15, 0.2) is 0 Å². The van der Waals surface area contributed by atoms with Crippen LogP contribution in [0.5, 0.6) is 0 Å². The molecule has 0 aliphatic rings. The maximum atomic E-state index is 10.5. The molecule has 0 saturated heterocycles. The molecule has 1 aromatic rings. The van der Waals surface area contributed by atoms with Gasteiger partial charge in [0.2, 0.25) is 0 Å². The van der Waals surface area contributed by atoms with Gasteiger partial charge in [0.05, 0.1) is 5.69 Å². The van der Waals surface area contributed by atoms with Gasteiger partial charge in [-0.2, -0.15) is 5.10 Å². The van der Waals surface area contributed by atoms with Gasteiger partial charge in [-0.3, -0.25) is 4.68 Å². The topological polar surface area (TPSA) is 81.1 Å². The highest BCUT2D eigenvalue weighted by molar-refractivity contribution is 5.93. The van der Waals surface area contributed by atoms with Gasteiger partial charge >= 0.3 is 5.97 Å². The summed E-state index contributed by atoms with van der Waals surface area (Å²) in [5.74, 6) is -0.967. The second-order valence-corrected chi connectivity index (χ2v) is 2.27. The number of aromatic nitrogens is 2. The maximum absolute atomic E-state index is 10.5. The monoisotopic (exact) mass is 185 g/mol. The van der Waals surface area contributed by atoms with Crippen LogP contribution in [0.25, 0.3) is 0 Å². The number of hydrogen-bond donors (Lipinski definition) is 2. The fraction of sp³-hybridized carbons (Fsp3) is 0.500. The number of carbonyl (C=O) groups is 1. The summed E-state index contributed by atoms with van der Waals surface area (Å²) in [5, 5.41) is 12.4. The first-order chi connectivity index (χ1) is 6.04. The number of hydrogen-bond acceptors (Lipinski definition) is 3. The molecule has 0 saturated carbocycles. The summed E-state index contributed by atoms with van der Waals surface area (Å²) in [6.07, 6.45) is 0. The van der Waals surface area contributed by atoms with Gasteiger partial charge in [0.15, 0.2) is 5.82 Å². The van der Waals surface area contributed by atoms with E-state index in [4.69, 9.17) is 10.8 Å². The van der Waals surface area contributed by atoms with Crippen LogP contribution >= 0.6 is 0 Å². The average Bonchev–Trinajstić information content (AvgIpc) is 2.30. The lowest BCUT2D eigenvalue weighted by molar-refractivity contribution is 0.0697. The number of carboxylic acids is 1. The van der Waals surface area contributed by atoms with E-state index in [1.54, 1.807) is 14.0 Å². The molecule has 0 aromatic carbocycles. The molecular formula is C8H15N3O2. The van der Waals surface area contributed by atoms with E-state index >= 15 is 0 Å². The SMILES string of the molecule is CC.Cc1c(C(=O)O)c(N)nn1C. The van der Waals surface area contributed by atoms with Crippen LogP contribution in [0.2, 0.25) is 0 Å². The van der Waals surface area contributed by atoms with Crippen molar-refractivity contribution in [1.29, 1.82) is 0 Å². The molecule has 0 aliphatic heterocycles. The minimum Gasteiger partial charge on any atom is -0.477 e. The standard InChI is InChI=1S/C6H9N3O2.C2H6/c1-3-4(6(10)11)5(7)8-9(3)2;1-2/h1-2H3,(H2,7,8)(H,10,11);1-2H3. The third-order valence-corrected chi connectivity index (χ3v) is 1.57. The largest absolute Gasteiger partial charge is 0.477 e. The molecule has 74 valence electrons. The third-order valence-electron chi connectivity index (χ3n) is 1.57. The Labute approximate surface area is 77.2 Å². The van der Waals surface area contributed by atoms with Crippen LogP contribution in [-0.2, 0) is 7.05 Å². The number of aryl methyl sites for hydroxylation is 1. The normalized spacial score (nSPS) is 8.92. The summed E-state index contributed by atoms with van der Waals surface area (Å²) < 4.78 is 1.44. The lowest BCUT2D eigenvalue weighted by atomic mass is 10.2. The molecule has 0 amide bonds. The van der Waals surface area contributed by atoms with Crippen LogP contribution < -0.4 is 5.73 Å². The zero-order chi connectivity index (χ0) is 10.6. The van der Waals surface area contributed by atoms with Crippen LogP contribution in [-0.4, -0.2) is 20.9 Å². The summed E-state index contributed by atoms with van der Waals surface area (Å²) in [6, 6.07) is 0. The van der Waals surface area contributed by atoms with E-state index in [-0.39, 0.29) is 11.4 Å². The minimum atomic E-state index is -1.03. The first kappa shape index (κ1) is 11.5. The van der Waals surface area contributed by atoms with Gasteiger partial charge in [0.1, 0.15) is 5.56 Å². The predicted octanol–water partition coefficient (Wildman–Crippen LogP) is 1.04. The lowest BCUT2D eigenvalue weighted by Gasteiger charge is -1.92. The van der Waals surface area contributed by atoms with E-state index < -0.39 is 5.97 Å². The van der Waals surface area contributed by atoms with Crippen molar-refractivity contribution in [2.45, 2.75) is 20.8 Å². The van der Waals surface area contributed by atoms with Gasteiger partial charge in [-0.15, -0.1) is 0 Å². The summed E-state index contributed by atoms with van der Waals surface area (Å²) in [6.45, 7) is 5.66. The molecule has 0 radical (unpaired) electrons. The zero-order valence-electron chi connectivity index (χ0n) is 8.33. The first-order valence-corrected chi connectivity index (χ1v) is 4.06. The van der Waals surface area contributed by atoms with Gasteiger partial charge in [0.25, 0.3) is 0 Å². The Kier molecular flexibility index (Phi) is 3.97.